The molecule has 0 unspecified atom stereocenters. The number of esters is 1. The van der Waals surface area contributed by atoms with Gasteiger partial charge in [0, 0.05) is 12.1 Å². The minimum Gasteiger partial charge on any atom is -1.00 e. The van der Waals surface area contributed by atoms with Gasteiger partial charge in [0.2, 0.25) is 0 Å². The topological polar surface area (TPSA) is 152 Å². The molecule has 0 aromatic rings. The number of rotatable bonds is 9. The number of carboxylic acids is 1. The second-order valence-electron chi connectivity index (χ2n) is 6.36. The standard InChI is InChI=1S/C9H18NO2.C6H14N4O2.ClH/c1-8(2)9(11)12-7-6-10(3,4)5;7-4(5(11)12)2-1-3-10-6(8)9;/h1,6-7H2,2-5H3;4H,1-3,7H2,(H,11,12)(H4,8,9,10);1H/q+1;;/p-1/t;4-;/m.0./s1. The quantitative estimate of drug-likeness (QED) is 0.0693. The number of halogens is 1. The van der Waals surface area contributed by atoms with Crippen molar-refractivity contribution in [2.45, 2.75) is 25.8 Å². The molecule has 0 radical (unpaired) electrons. The number of carbonyl (C=O) groups is 2. The van der Waals surface area contributed by atoms with Crippen LogP contribution < -0.4 is 29.2 Å². The highest BCUT2D eigenvalue weighted by atomic mass is 35.5. The molecule has 0 aliphatic rings. The van der Waals surface area contributed by atoms with E-state index in [1.54, 1.807) is 6.92 Å². The first-order chi connectivity index (χ1) is 10.9. The highest BCUT2D eigenvalue weighted by molar-refractivity contribution is 5.86. The summed E-state index contributed by atoms with van der Waals surface area (Å²) >= 11 is 0. The minimum absolute atomic E-state index is 0. The van der Waals surface area contributed by atoms with E-state index in [2.05, 4.69) is 33.0 Å². The third kappa shape index (κ3) is 22.2. The molecule has 0 fully saturated rings. The molecule has 1 atom stereocenters. The first-order valence-electron chi connectivity index (χ1n) is 7.56. The van der Waals surface area contributed by atoms with Gasteiger partial charge in [0.15, 0.2) is 5.96 Å². The number of carboxylic acid groups (broad SMARTS) is 1. The van der Waals surface area contributed by atoms with Crippen molar-refractivity contribution in [1.82, 2.24) is 5.32 Å². The summed E-state index contributed by atoms with van der Waals surface area (Å²) < 4.78 is 5.72. The lowest BCUT2D eigenvalue weighted by molar-refractivity contribution is -0.870. The van der Waals surface area contributed by atoms with Gasteiger partial charge in [0.1, 0.15) is 19.2 Å². The Kier molecular flexibility index (Phi) is 16.2. The molecule has 9 nitrogen and oxygen atoms in total. The largest absolute Gasteiger partial charge is 1.00 e. The van der Waals surface area contributed by atoms with E-state index < -0.39 is 12.0 Å². The number of ether oxygens (including phenoxy) is 1. The van der Waals surface area contributed by atoms with Gasteiger partial charge in [-0.05, 0) is 19.8 Å². The predicted octanol–water partition coefficient (Wildman–Crippen LogP) is -3.52. The number of hydrogen-bond acceptors (Lipinski definition) is 5. The second-order valence-corrected chi connectivity index (χ2v) is 6.36. The summed E-state index contributed by atoms with van der Waals surface area (Å²) in [5, 5.41) is 17.7. The summed E-state index contributed by atoms with van der Waals surface area (Å²) in [6, 6.07) is -0.821. The lowest BCUT2D eigenvalue weighted by Gasteiger charge is -2.23. The van der Waals surface area contributed by atoms with Gasteiger partial charge in [-0.1, -0.05) is 6.58 Å². The predicted molar refractivity (Wildman–Crippen MR) is 93.4 cm³/mol. The SMILES string of the molecule is C=C(C)C(=O)OCC[N+](C)(C)C.N=C(N)NCCC[C@H](N)C(=O)O.[Cl-]. The van der Waals surface area contributed by atoms with Crippen molar-refractivity contribution < 1.29 is 36.3 Å². The lowest BCUT2D eigenvalue weighted by Crippen LogP contribution is -3.00. The summed E-state index contributed by atoms with van der Waals surface area (Å²) in [7, 11) is 6.15. The molecule has 0 amide bonds. The van der Waals surface area contributed by atoms with E-state index in [1.807, 2.05) is 0 Å². The molecule has 0 aromatic heterocycles. The van der Waals surface area contributed by atoms with Crippen LogP contribution in [0.5, 0.6) is 0 Å². The average molecular weight is 382 g/mol. The van der Waals surface area contributed by atoms with Gasteiger partial charge in [0.25, 0.3) is 0 Å². The zero-order valence-corrected chi connectivity index (χ0v) is 16.2. The fourth-order valence-electron chi connectivity index (χ4n) is 1.20. The van der Waals surface area contributed by atoms with Crippen LogP contribution in [0.3, 0.4) is 0 Å². The van der Waals surface area contributed by atoms with E-state index in [-0.39, 0.29) is 24.3 Å². The van der Waals surface area contributed by atoms with Crippen LogP contribution in [0.1, 0.15) is 19.8 Å². The second kappa shape index (κ2) is 14.5. The Hall–Kier alpha value is -1.84. The number of hydrogen-bond donors (Lipinski definition) is 5. The van der Waals surface area contributed by atoms with Crippen LogP contribution in [0, 0.1) is 5.41 Å². The van der Waals surface area contributed by atoms with E-state index in [0.717, 1.165) is 11.0 Å². The molecular weight excluding hydrogens is 350 g/mol. The van der Waals surface area contributed by atoms with Crippen LogP contribution in [0.15, 0.2) is 12.2 Å². The lowest BCUT2D eigenvalue weighted by atomic mass is 10.2. The molecule has 148 valence electrons. The maximum atomic E-state index is 10.9. The van der Waals surface area contributed by atoms with Crippen molar-refractivity contribution in [3.05, 3.63) is 12.2 Å². The first-order valence-corrected chi connectivity index (χ1v) is 7.56. The van der Waals surface area contributed by atoms with Gasteiger partial charge < -0.3 is 43.5 Å². The average Bonchev–Trinajstić information content (AvgIpc) is 2.42. The summed E-state index contributed by atoms with van der Waals surface area (Å²) in [5.41, 5.74) is 10.7. The molecule has 0 aliphatic carbocycles. The fraction of sp³-hybridized carbons (Fsp3) is 0.667. The van der Waals surface area contributed by atoms with Crippen LogP contribution in [0.2, 0.25) is 0 Å². The van der Waals surface area contributed by atoms with E-state index in [1.165, 1.54) is 0 Å². The maximum Gasteiger partial charge on any atom is 0.333 e. The van der Waals surface area contributed by atoms with Crippen molar-refractivity contribution in [3.63, 3.8) is 0 Å². The molecule has 0 saturated carbocycles. The Labute approximate surface area is 155 Å². The van der Waals surface area contributed by atoms with Gasteiger partial charge >= 0.3 is 11.9 Å². The number of nitrogens with two attached hydrogens (primary N) is 2. The van der Waals surface area contributed by atoms with Crippen molar-refractivity contribution in [2.75, 3.05) is 40.8 Å². The Bertz CT molecular complexity index is 438. The van der Waals surface area contributed by atoms with Crippen LogP contribution >= 0.6 is 0 Å². The molecule has 0 bridgehead atoms. The monoisotopic (exact) mass is 381 g/mol. The van der Waals surface area contributed by atoms with Crippen LogP contribution in [-0.2, 0) is 14.3 Å². The Morgan fingerprint density at radius 3 is 2.24 bits per heavy atom. The summed E-state index contributed by atoms with van der Waals surface area (Å²) in [6.45, 7) is 6.89. The third-order valence-electron chi connectivity index (χ3n) is 2.67. The number of likely N-dealkylation sites (N-methyl/N-ethyl adjacent to an activating group) is 1. The molecule has 25 heavy (non-hydrogen) atoms. The summed E-state index contributed by atoms with van der Waals surface area (Å²) in [5.74, 6) is -1.42. The molecule has 10 heteroatoms. The van der Waals surface area contributed by atoms with Crippen molar-refractivity contribution in [1.29, 1.82) is 5.41 Å². The van der Waals surface area contributed by atoms with Crippen molar-refractivity contribution in [2.24, 2.45) is 11.5 Å². The summed E-state index contributed by atoms with van der Waals surface area (Å²) in [4.78, 5) is 21.1. The zero-order chi connectivity index (χ0) is 19.3. The highest BCUT2D eigenvalue weighted by Crippen LogP contribution is 1.94. The van der Waals surface area contributed by atoms with E-state index in [9.17, 15) is 9.59 Å². The normalized spacial score (nSPS) is 11.1. The number of nitrogens with zero attached hydrogens (tertiary/aromatic N) is 1. The third-order valence-corrected chi connectivity index (χ3v) is 2.67. The van der Waals surface area contributed by atoms with Crippen molar-refractivity contribution in [3.8, 4) is 0 Å². The van der Waals surface area contributed by atoms with Crippen LogP contribution in [-0.4, -0.2) is 74.4 Å². The Morgan fingerprint density at radius 1 is 1.36 bits per heavy atom. The molecule has 7 N–H and O–H groups in total. The van der Waals surface area contributed by atoms with E-state index >= 15 is 0 Å². The number of quaternary nitrogens is 1. The zero-order valence-electron chi connectivity index (χ0n) is 15.5. The van der Waals surface area contributed by atoms with Gasteiger partial charge in [-0.2, -0.15) is 0 Å². The van der Waals surface area contributed by atoms with E-state index in [0.29, 0.717) is 31.6 Å². The number of guanidine groups is 1. The molecule has 0 rings (SSSR count). The van der Waals surface area contributed by atoms with Gasteiger partial charge in [-0.3, -0.25) is 10.2 Å². The molecule has 0 saturated heterocycles. The molecule has 0 aliphatic heterocycles. The smallest absolute Gasteiger partial charge is 0.333 e. The van der Waals surface area contributed by atoms with E-state index in [4.69, 9.17) is 26.7 Å². The Morgan fingerprint density at radius 2 is 1.88 bits per heavy atom. The maximum absolute atomic E-state index is 10.9. The summed E-state index contributed by atoms with van der Waals surface area (Å²) in [6.07, 6.45) is 0.975. The number of carbonyl (C=O) groups excluding carboxylic acids is 1. The van der Waals surface area contributed by atoms with Crippen LogP contribution in [0.4, 0.5) is 0 Å². The first kappa shape index (κ1) is 28.0. The minimum atomic E-state index is -1.00. The fourth-order valence-corrected chi connectivity index (χ4v) is 1.20. The van der Waals surface area contributed by atoms with Gasteiger partial charge in [-0.15, -0.1) is 0 Å². The highest BCUT2D eigenvalue weighted by Gasteiger charge is 2.10. The van der Waals surface area contributed by atoms with Gasteiger partial charge in [0.05, 0.1) is 21.1 Å². The molecule has 0 aromatic carbocycles. The van der Waals surface area contributed by atoms with Gasteiger partial charge in [-0.25, -0.2) is 4.79 Å². The molecule has 0 spiro atoms. The van der Waals surface area contributed by atoms with Crippen LogP contribution in [0.25, 0.3) is 0 Å². The Balaban J connectivity index is -0.000000372. The van der Waals surface area contributed by atoms with Crippen molar-refractivity contribution >= 4 is 17.9 Å². The molecule has 0 heterocycles. The number of aliphatic carboxylic acids is 1. The number of nitrogens with one attached hydrogen (secondary N) is 2. The molecular formula is C15H32ClN5O4.